The average molecular weight is 255 g/mol. The number of nitrogens with zero attached hydrogens (tertiary/aromatic N) is 1. The molecule has 17 heavy (non-hydrogen) atoms. The molecule has 1 aromatic carbocycles. The van der Waals surface area contributed by atoms with Gasteiger partial charge < -0.3 is 10.0 Å². The highest BCUT2D eigenvalue weighted by molar-refractivity contribution is 7.91. The minimum absolute atomic E-state index is 0.0843. The molecule has 1 aliphatic heterocycles. The third kappa shape index (κ3) is 2.58. The van der Waals surface area contributed by atoms with Gasteiger partial charge in [-0.05, 0) is 12.1 Å². The van der Waals surface area contributed by atoms with Crippen molar-refractivity contribution < 1.29 is 18.3 Å². The SMILES string of the molecule is O=C(O)c1ccccc1N1CCS(=O)(=O)CC1. The molecule has 1 heterocycles. The largest absolute Gasteiger partial charge is 0.478 e. The van der Waals surface area contributed by atoms with Crippen LogP contribution in [0.3, 0.4) is 0 Å². The van der Waals surface area contributed by atoms with Crippen molar-refractivity contribution in [2.45, 2.75) is 0 Å². The molecule has 5 nitrogen and oxygen atoms in total. The summed E-state index contributed by atoms with van der Waals surface area (Å²) in [4.78, 5) is 12.9. The van der Waals surface area contributed by atoms with Crippen molar-refractivity contribution in [2.24, 2.45) is 0 Å². The maximum absolute atomic E-state index is 11.3. The van der Waals surface area contributed by atoms with E-state index in [0.29, 0.717) is 18.8 Å². The van der Waals surface area contributed by atoms with Crippen LogP contribution in [0.1, 0.15) is 10.4 Å². The third-order valence-electron chi connectivity index (χ3n) is 2.82. The summed E-state index contributed by atoms with van der Waals surface area (Å²) in [6, 6.07) is 6.65. The van der Waals surface area contributed by atoms with E-state index >= 15 is 0 Å². The number of rotatable bonds is 2. The number of benzene rings is 1. The summed E-state index contributed by atoms with van der Waals surface area (Å²) < 4.78 is 22.6. The predicted octanol–water partition coefficient (Wildman–Crippen LogP) is 0.620. The summed E-state index contributed by atoms with van der Waals surface area (Å²) in [7, 11) is -2.95. The van der Waals surface area contributed by atoms with E-state index in [1.165, 1.54) is 6.07 Å². The van der Waals surface area contributed by atoms with E-state index < -0.39 is 15.8 Å². The van der Waals surface area contributed by atoms with E-state index in [1.807, 2.05) is 4.90 Å². The van der Waals surface area contributed by atoms with Gasteiger partial charge >= 0.3 is 5.97 Å². The van der Waals surface area contributed by atoms with Gasteiger partial charge in [-0.3, -0.25) is 0 Å². The van der Waals surface area contributed by atoms with E-state index in [4.69, 9.17) is 5.11 Å². The molecule has 0 aliphatic carbocycles. The number of hydrogen-bond donors (Lipinski definition) is 1. The molecule has 0 unspecified atom stereocenters. The first-order valence-electron chi connectivity index (χ1n) is 5.27. The second-order valence-corrected chi connectivity index (χ2v) is 6.26. The molecule has 0 radical (unpaired) electrons. The maximum atomic E-state index is 11.3. The molecular formula is C11H13NO4S. The molecule has 0 saturated carbocycles. The van der Waals surface area contributed by atoms with E-state index in [9.17, 15) is 13.2 Å². The van der Waals surface area contributed by atoms with Gasteiger partial charge in [-0.1, -0.05) is 12.1 Å². The smallest absolute Gasteiger partial charge is 0.337 e. The Morgan fingerprint density at radius 1 is 1.18 bits per heavy atom. The van der Waals surface area contributed by atoms with Gasteiger partial charge in [0.1, 0.15) is 0 Å². The average Bonchev–Trinajstić information content (AvgIpc) is 2.29. The highest BCUT2D eigenvalue weighted by atomic mass is 32.2. The van der Waals surface area contributed by atoms with E-state index in [2.05, 4.69) is 0 Å². The van der Waals surface area contributed by atoms with E-state index in [-0.39, 0.29) is 17.1 Å². The Morgan fingerprint density at radius 2 is 1.76 bits per heavy atom. The Kier molecular flexibility index (Phi) is 3.06. The molecule has 1 N–H and O–H groups in total. The van der Waals surface area contributed by atoms with Gasteiger partial charge in [-0.15, -0.1) is 0 Å². The Bertz CT molecular complexity index is 524. The number of para-hydroxylation sites is 1. The molecule has 0 aromatic heterocycles. The second kappa shape index (κ2) is 4.37. The van der Waals surface area contributed by atoms with Crippen molar-refractivity contribution in [3.8, 4) is 0 Å². The first-order chi connectivity index (χ1) is 7.99. The molecule has 1 saturated heterocycles. The molecule has 92 valence electrons. The summed E-state index contributed by atoms with van der Waals surface area (Å²) in [6.45, 7) is 0.708. The van der Waals surface area contributed by atoms with Gasteiger partial charge in [-0.25, -0.2) is 13.2 Å². The third-order valence-corrected chi connectivity index (χ3v) is 4.43. The predicted molar refractivity (Wildman–Crippen MR) is 64.3 cm³/mol. The summed E-state index contributed by atoms with van der Waals surface area (Å²) >= 11 is 0. The van der Waals surface area contributed by atoms with Gasteiger partial charge in [-0.2, -0.15) is 0 Å². The van der Waals surface area contributed by atoms with Crippen molar-refractivity contribution >= 4 is 21.5 Å². The molecule has 2 rings (SSSR count). The number of carboxylic acids is 1. The number of carbonyl (C=O) groups is 1. The molecular weight excluding hydrogens is 242 g/mol. The molecule has 0 atom stereocenters. The minimum atomic E-state index is -2.95. The summed E-state index contributed by atoms with van der Waals surface area (Å²) in [5, 5.41) is 9.05. The highest BCUT2D eigenvalue weighted by Crippen LogP contribution is 2.22. The van der Waals surface area contributed by atoms with E-state index in [1.54, 1.807) is 18.2 Å². The number of carboxylic acid groups (broad SMARTS) is 1. The lowest BCUT2D eigenvalue weighted by atomic mass is 10.1. The van der Waals surface area contributed by atoms with Crippen LogP contribution in [0.25, 0.3) is 0 Å². The number of anilines is 1. The normalized spacial score (nSPS) is 18.9. The molecule has 6 heteroatoms. The molecule has 0 bridgehead atoms. The van der Waals surface area contributed by atoms with Crippen LogP contribution in [0, 0.1) is 0 Å². The molecule has 1 aliphatic rings. The Balaban J connectivity index is 2.27. The van der Waals surface area contributed by atoms with Gasteiger partial charge in [0.05, 0.1) is 22.8 Å². The summed E-state index contributed by atoms with van der Waals surface area (Å²) in [6.07, 6.45) is 0. The van der Waals surface area contributed by atoms with Crippen molar-refractivity contribution in [1.82, 2.24) is 0 Å². The van der Waals surface area contributed by atoms with Crippen LogP contribution in [-0.2, 0) is 9.84 Å². The fourth-order valence-corrected chi connectivity index (χ4v) is 3.08. The summed E-state index contributed by atoms with van der Waals surface area (Å²) in [5.41, 5.74) is 0.807. The minimum Gasteiger partial charge on any atom is -0.478 e. The second-order valence-electron chi connectivity index (χ2n) is 3.96. The van der Waals surface area contributed by atoms with E-state index in [0.717, 1.165) is 0 Å². The molecule has 1 aromatic rings. The zero-order chi connectivity index (χ0) is 12.5. The fourth-order valence-electron chi connectivity index (χ4n) is 1.88. The first-order valence-corrected chi connectivity index (χ1v) is 7.09. The van der Waals surface area contributed by atoms with Crippen molar-refractivity contribution in [3.63, 3.8) is 0 Å². The lowest BCUT2D eigenvalue weighted by molar-refractivity contribution is 0.0697. The van der Waals surface area contributed by atoms with Crippen LogP contribution in [0.5, 0.6) is 0 Å². The van der Waals surface area contributed by atoms with Crippen LogP contribution in [0.4, 0.5) is 5.69 Å². The highest BCUT2D eigenvalue weighted by Gasteiger charge is 2.24. The Morgan fingerprint density at radius 3 is 2.35 bits per heavy atom. The van der Waals surface area contributed by atoms with Crippen molar-refractivity contribution in [3.05, 3.63) is 29.8 Å². The quantitative estimate of drug-likeness (QED) is 0.838. The fraction of sp³-hybridized carbons (Fsp3) is 0.364. The molecule has 0 spiro atoms. The lowest BCUT2D eigenvalue weighted by Gasteiger charge is -2.29. The van der Waals surface area contributed by atoms with Crippen molar-refractivity contribution in [1.29, 1.82) is 0 Å². The summed E-state index contributed by atoms with van der Waals surface area (Å²) in [5.74, 6) is -0.823. The number of aromatic carboxylic acids is 1. The van der Waals surface area contributed by atoms with Gasteiger partial charge in [0, 0.05) is 13.1 Å². The van der Waals surface area contributed by atoms with Crippen molar-refractivity contribution in [2.75, 3.05) is 29.5 Å². The van der Waals surface area contributed by atoms with Crippen LogP contribution in [0.2, 0.25) is 0 Å². The van der Waals surface area contributed by atoms with Gasteiger partial charge in [0.15, 0.2) is 9.84 Å². The van der Waals surface area contributed by atoms with Crippen LogP contribution < -0.4 is 4.90 Å². The monoisotopic (exact) mass is 255 g/mol. The standard InChI is InChI=1S/C11H13NO4S/c13-11(14)9-3-1-2-4-10(9)12-5-7-17(15,16)8-6-12/h1-4H,5-8H2,(H,13,14). The molecule has 0 amide bonds. The molecule has 1 fully saturated rings. The zero-order valence-corrected chi connectivity index (χ0v) is 9.98. The number of hydrogen-bond acceptors (Lipinski definition) is 4. The number of sulfone groups is 1. The maximum Gasteiger partial charge on any atom is 0.337 e. The van der Waals surface area contributed by atoms with Crippen LogP contribution >= 0.6 is 0 Å². The first kappa shape index (κ1) is 11.9. The Hall–Kier alpha value is -1.56. The lowest BCUT2D eigenvalue weighted by Crippen LogP contribution is -2.40. The van der Waals surface area contributed by atoms with Gasteiger partial charge in [0.25, 0.3) is 0 Å². The topological polar surface area (TPSA) is 74.7 Å². The van der Waals surface area contributed by atoms with Gasteiger partial charge in [0.2, 0.25) is 0 Å². The zero-order valence-electron chi connectivity index (χ0n) is 9.17. The van der Waals surface area contributed by atoms with Crippen LogP contribution in [-0.4, -0.2) is 44.1 Å². The van der Waals surface area contributed by atoms with Crippen LogP contribution in [0.15, 0.2) is 24.3 Å². The Labute approximate surface area is 99.6 Å².